The maximum absolute atomic E-state index is 12.4. The van der Waals surface area contributed by atoms with Crippen molar-refractivity contribution >= 4 is 41.0 Å². The number of rotatable bonds is 7. The van der Waals surface area contributed by atoms with Crippen LogP contribution in [-0.4, -0.2) is 44.0 Å². The van der Waals surface area contributed by atoms with Gasteiger partial charge < -0.3 is 27.2 Å². The van der Waals surface area contributed by atoms with E-state index in [4.69, 9.17) is 11.5 Å². The highest BCUT2D eigenvalue weighted by Crippen LogP contribution is 2.12. The normalized spacial score (nSPS) is 11.3. The van der Waals surface area contributed by atoms with Crippen LogP contribution in [0.4, 0.5) is 27.9 Å². The second-order valence-electron chi connectivity index (χ2n) is 6.78. The Morgan fingerprint density at radius 2 is 1.79 bits per heavy atom. The second-order valence-corrected chi connectivity index (χ2v) is 6.78. The molecule has 0 radical (unpaired) electrons. The topological polar surface area (TPSA) is 218 Å². The van der Waals surface area contributed by atoms with Crippen LogP contribution in [0.3, 0.4) is 0 Å². The van der Waals surface area contributed by atoms with E-state index in [0.29, 0.717) is 0 Å². The van der Waals surface area contributed by atoms with Crippen LogP contribution in [0.2, 0.25) is 0 Å². The molecular formula is C20H20N8O5. The smallest absolute Gasteiger partial charge is 0.326 e. The number of carbonyl (C=O) groups excluding carboxylic acids is 2. The maximum Gasteiger partial charge on any atom is 0.326 e. The van der Waals surface area contributed by atoms with Gasteiger partial charge in [-0.3, -0.25) is 19.9 Å². The van der Waals surface area contributed by atoms with Crippen molar-refractivity contribution in [3.63, 3.8) is 0 Å². The van der Waals surface area contributed by atoms with Crippen LogP contribution in [0.25, 0.3) is 0 Å². The minimum Gasteiger partial charge on any atom is -0.480 e. The van der Waals surface area contributed by atoms with Crippen LogP contribution in [0.5, 0.6) is 0 Å². The standard InChI is InChI=1S/C20H20N8O5/c21-15-14(17(30)28-19(22)27-15)26-20(33)24-11-6-7-12(23-9-11)16(29)25-13(18(31)32)8-10-4-2-1-3-5-10/h1-7,9,13H,8H2,(H,25,29)(H,31,32)(H2,24,26,33)(H5,21,22,27,28,30)/t13-/m0/s1. The fourth-order valence-corrected chi connectivity index (χ4v) is 2.79. The van der Waals surface area contributed by atoms with Gasteiger partial charge >= 0.3 is 12.0 Å². The molecule has 3 amide bonds. The van der Waals surface area contributed by atoms with Crippen LogP contribution < -0.4 is 33.0 Å². The number of hydrogen-bond acceptors (Lipinski definition) is 8. The third kappa shape index (κ3) is 6.04. The van der Waals surface area contributed by atoms with E-state index < -0.39 is 29.5 Å². The number of carboxylic acid groups (broad SMARTS) is 1. The number of benzene rings is 1. The van der Waals surface area contributed by atoms with Gasteiger partial charge in [0.05, 0.1) is 11.9 Å². The average molecular weight is 452 g/mol. The van der Waals surface area contributed by atoms with Crippen LogP contribution in [0.15, 0.2) is 53.5 Å². The van der Waals surface area contributed by atoms with Gasteiger partial charge in [0.15, 0.2) is 11.5 Å². The van der Waals surface area contributed by atoms with E-state index in [2.05, 4.69) is 30.9 Å². The monoisotopic (exact) mass is 452 g/mol. The molecule has 33 heavy (non-hydrogen) atoms. The molecule has 13 nitrogen and oxygen atoms in total. The summed E-state index contributed by atoms with van der Waals surface area (Å²) in [7, 11) is 0. The van der Waals surface area contributed by atoms with E-state index >= 15 is 0 Å². The van der Waals surface area contributed by atoms with Crippen LogP contribution >= 0.6 is 0 Å². The van der Waals surface area contributed by atoms with Crippen molar-refractivity contribution in [3.05, 3.63) is 70.3 Å². The van der Waals surface area contributed by atoms with E-state index in [0.717, 1.165) is 5.56 Å². The Bertz CT molecular complexity index is 1230. The first-order chi connectivity index (χ1) is 15.7. The zero-order valence-corrected chi connectivity index (χ0v) is 17.0. The van der Waals surface area contributed by atoms with Gasteiger partial charge in [0.2, 0.25) is 5.95 Å². The Morgan fingerprint density at radius 3 is 2.39 bits per heavy atom. The molecule has 13 heteroatoms. The molecule has 1 aromatic carbocycles. The molecule has 0 bridgehead atoms. The van der Waals surface area contributed by atoms with E-state index in [1.807, 2.05) is 0 Å². The summed E-state index contributed by atoms with van der Waals surface area (Å²) in [5.41, 5.74) is 10.8. The maximum atomic E-state index is 12.4. The van der Waals surface area contributed by atoms with Crippen LogP contribution in [-0.2, 0) is 11.2 Å². The van der Waals surface area contributed by atoms with Crippen molar-refractivity contribution in [1.29, 1.82) is 0 Å². The van der Waals surface area contributed by atoms with Gasteiger partial charge in [0.1, 0.15) is 11.7 Å². The zero-order valence-electron chi connectivity index (χ0n) is 17.0. The molecule has 1 atom stereocenters. The largest absolute Gasteiger partial charge is 0.480 e. The van der Waals surface area contributed by atoms with E-state index in [1.54, 1.807) is 30.3 Å². The van der Waals surface area contributed by atoms with Crippen molar-refractivity contribution in [2.24, 2.45) is 0 Å². The van der Waals surface area contributed by atoms with Crippen molar-refractivity contribution in [2.75, 3.05) is 22.1 Å². The number of nitrogens with one attached hydrogen (secondary N) is 4. The number of aromatic amines is 1. The molecule has 3 aromatic rings. The molecule has 0 aliphatic carbocycles. The number of anilines is 4. The summed E-state index contributed by atoms with van der Waals surface area (Å²) in [6.07, 6.45) is 1.29. The third-order valence-corrected chi connectivity index (χ3v) is 4.34. The number of aliphatic carboxylic acids is 1. The molecule has 0 aliphatic rings. The molecule has 9 N–H and O–H groups in total. The highest BCUT2D eigenvalue weighted by atomic mass is 16.4. The fourth-order valence-electron chi connectivity index (χ4n) is 2.79. The predicted octanol–water partition coefficient (Wildman–Crippen LogP) is 0.399. The number of nitrogen functional groups attached to an aromatic ring is 2. The molecule has 0 aliphatic heterocycles. The van der Waals surface area contributed by atoms with Gasteiger partial charge in [0, 0.05) is 6.42 Å². The predicted molar refractivity (Wildman–Crippen MR) is 120 cm³/mol. The number of carboxylic acids is 1. The Balaban J connectivity index is 1.62. The van der Waals surface area contributed by atoms with Gasteiger partial charge in [0.25, 0.3) is 11.5 Å². The molecule has 0 saturated carbocycles. The van der Waals surface area contributed by atoms with Crippen molar-refractivity contribution in [3.8, 4) is 0 Å². The van der Waals surface area contributed by atoms with E-state index in [9.17, 15) is 24.3 Å². The minimum atomic E-state index is -1.19. The van der Waals surface area contributed by atoms with Crippen LogP contribution in [0, 0.1) is 0 Å². The Hall–Kier alpha value is -4.94. The molecule has 2 heterocycles. The quantitative estimate of drug-likeness (QED) is 0.263. The number of hydrogen-bond donors (Lipinski definition) is 7. The number of urea groups is 1. The summed E-state index contributed by atoms with van der Waals surface area (Å²) in [5.74, 6) is -2.34. The summed E-state index contributed by atoms with van der Waals surface area (Å²) >= 11 is 0. The molecule has 2 aromatic heterocycles. The summed E-state index contributed by atoms with van der Waals surface area (Å²) in [6, 6.07) is 9.58. The molecule has 0 spiro atoms. The highest BCUT2D eigenvalue weighted by Gasteiger charge is 2.22. The number of H-pyrrole nitrogens is 1. The number of nitrogens with zero attached hydrogens (tertiary/aromatic N) is 2. The van der Waals surface area contributed by atoms with Crippen molar-refractivity contribution in [2.45, 2.75) is 12.5 Å². The summed E-state index contributed by atoms with van der Waals surface area (Å²) < 4.78 is 0. The number of pyridine rings is 1. The first-order valence-electron chi connectivity index (χ1n) is 9.50. The third-order valence-electron chi connectivity index (χ3n) is 4.34. The van der Waals surface area contributed by atoms with Gasteiger partial charge in [-0.2, -0.15) is 4.98 Å². The molecule has 0 unspecified atom stereocenters. The summed E-state index contributed by atoms with van der Waals surface area (Å²) in [5, 5.41) is 16.5. The summed E-state index contributed by atoms with van der Waals surface area (Å²) in [4.78, 5) is 57.7. The van der Waals surface area contributed by atoms with Gasteiger partial charge in [-0.1, -0.05) is 30.3 Å². The number of carbonyl (C=O) groups is 3. The molecule has 0 saturated heterocycles. The Kier molecular flexibility index (Phi) is 6.83. The second kappa shape index (κ2) is 9.91. The number of amides is 3. The molecule has 170 valence electrons. The van der Waals surface area contributed by atoms with Gasteiger partial charge in [-0.15, -0.1) is 0 Å². The van der Waals surface area contributed by atoms with Crippen molar-refractivity contribution in [1.82, 2.24) is 20.3 Å². The first-order valence-corrected chi connectivity index (χ1v) is 9.50. The minimum absolute atomic E-state index is 0.0521. The Labute approximate surface area is 186 Å². The fraction of sp³-hybridized carbons (Fsp3) is 0.100. The lowest BCUT2D eigenvalue weighted by atomic mass is 10.1. The summed E-state index contributed by atoms with van der Waals surface area (Å²) in [6.45, 7) is 0. The zero-order chi connectivity index (χ0) is 24.0. The lowest BCUT2D eigenvalue weighted by Gasteiger charge is -2.14. The lowest BCUT2D eigenvalue weighted by Crippen LogP contribution is -2.42. The number of nitrogens with two attached hydrogens (primary N) is 2. The van der Waals surface area contributed by atoms with Crippen LogP contribution in [0.1, 0.15) is 16.1 Å². The lowest BCUT2D eigenvalue weighted by molar-refractivity contribution is -0.139. The SMILES string of the molecule is Nc1nc(N)c(NC(=O)Nc2ccc(C(=O)N[C@@H](Cc3ccccc3)C(=O)O)nc2)c(=O)[nH]1. The average Bonchev–Trinajstić information content (AvgIpc) is 2.77. The molecule has 0 fully saturated rings. The number of aromatic nitrogens is 3. The highest BCUT2D eigenvalue weighted by molar-refractivity contribution is 6.01. The van der Waals surface area contributed by atoms with E-state index in [1.165, 1.54) is 18.3 Å². The van der Waals surface area contributed by atoms with Gasteiger partial charge in [-0.25, -0.2) is 14.6 Å². The Morgan fingerprint density at radius 1 is 1.06 bits per heavy atom. The molecule has 3 rings (SSSR count). The van der Waals surface area contributed by atoms with Gasteiger partial charge in [-0.05, 0) is 17.7 Å². The molecular weight excluding hydrogens is 432 g/mol. The van der Waals surface area contributed by atoms with Crippen molar-refractivity contribution < 1.29 is 19.5 Å². The van der Waals surface area contributed by atoms with E-state index in [-0.39, 0.29) is 35.3 Å². The first kappa shape index (κ1) is 22.7.